The van der Waals surface area contributed by atoms with Crippen molar-refractivity contribution in [3.63, 3.8) is 0 Å². The molecule has 0 atom stereocenters. The first kappa shape index (κ1) is 20.6. The van der Waals surface area contributed by atoms with Crippen molar-refractivity contribution in [3.05, 3.63) is 71.7 Å². The Hall–Kier alpha value is -3.08. The van der Waals surface area contributed by atoms with Gasteiger partial charge < -0.3 is 14.6 Å². The first-order valence-corrected chi connectivity index (χ1v) is 9.81. The third-order valence-electron chi connectivity index (χ3n) is 4.95. The van der Waals surface area contributed by atoms with Gasteiger partial charge in [-0.3, -0.25) is 4.79 Å². The minimum Gasteiger partial charge on any atom is -0.497 e. The van der Waals surface area contributed by atoms with Crippen molar-refractivity contribution in [1.82, 2.24) is 9.88 Å². The third-order valence-corrected chi connectivity index (χ3v) is 4.95. The summed E-state index contributed by atoms with van der Waals surface area (Å²) in [6.07, 6.45) is 0.923. The van der Waals surface area contributed by atoms with Crippen molar-refractivity contribution in [2.24, 2.45) is 5.92 Å². The van der Waals surface area contributed by atoms with Crippen LogP contribution in [0, 0.1) is 18.7 Å². The normalized spacial score (nSPS) is 11.0. The molecule has 0 radical (unpaired) electrons. The molecule has 0 aliphatic rings. The summed E-state index contributed by atoms with van der Waals surface area (Å²) >= 11 is 0. The van der Waals surface area contributed by atoms with Crippen molar-refractivity contribution < 1.29 is 13.9 Å². The monoisotopic (exact) mass is 394 g/mol. The van der Waals surface area contributed by atoms with Gasteiger partial charge in [0.15, 0.2) is 0 Å². The van der Waals surface area contributed by atoms with Gasteiger partial charge in [0.25, 0.3) is 5.91 Å². The van der Waals surface area contributed by atoms with Gasteiger partial charge in [0.05, 0.1) is 18.4 Å². The van der Waals surface area contributed by atoms with E-state index < -0.39 is 0 Å². The maximum absolute atomic E-state index is 13.5. The van der Waals surface area contributed by atoms with E-state index in [0.717, 1.165) is 34.8 Å². The second-order valence-corrected chi connectivity index (χ2v) is 7.51. The van der Waals surface area contributed by atoms with Gasteiger partial charge in [0.2, 0.25) is 0 Å². The lowest BCUT2D eigenvalue weighted by molar-refractivity contribution is 0.0951. The number of rotatable bonds is 7. The van der Waals surface area contributed by atoms with Gasteiger partial charge in [-0.1, -0.05) is 26.0 Å². The molecule has 0 saturated carbocycles. The minimum atomic E-state index is -0.298. The van der Waals surface area contributed by atoms with Crippen LogP contribution in [0.25, 0.3) is 16.9 Å². The summed E-state index contributed by atoms with van der Waals surface area (Å²) in [5.74, 6) is 0.851. The summed E-state index contributed by atoms with van der Waals surface area (Å²) in [6, 6.07) is 15.8. The van der Waals surface area contributed by atoms with Crippen LogP contribution in [-0.4, -0.2) is 24.1 Å². The molecular weight excluding hydrogens is 367 g/mol. The molecule has 0 saturated heterocycles. The molecule has 5 heteroatoms. The van der Waals surface area contributed by atoms with E-state index in [1.807, 2.05) is 41.8 Å². The van der Waals surface area contributed by atoms with E-state index in [-0.39, 0.29) is 11.7 Å². The summed E-state index contributed by atoms with van der Waals surface area (Å²) in [5, 5.41) is 3.01. The number of hydrogen-bond donors (Lipinski definition) is 1. The van der Waals surface area contributed by atoms with E-state index in [2.05, 4.69) is 19.2 Å². The fraction of sp³-hybridized carbons (Fsp3) is 0.292. The molecule has 0 spiro atoms. The van der Waals surface area contributed by atoms with E-state index in [9.17, 15) is 9.18 Å². The molecule has 0 fully saturated rings. The first-order valence-electron chi connectivity index (χ1n) is 9.81. The SMILES string of the molecule is COc1cccc(-c2cc(C(=O)NCCC(C)C)c(C)n2-c2ccc(F)cc2)c1. The Labute approximate surface area is 171 Å². The van der Waals surface area contributed by atoms with Crippen LogP contribution in [0.2, 0.25) is 0 Å². The molecule has 0 bridgehead atoms. The number of nitrogens with zero attached hydrogens (tertiary/aromatic N) is 1. The predicted molar refractivity (Wildman–Crippen MR) is 114 cm³/mol. The van der Waals surface area contributed by atoms with Crippen LogP contribution in [-0.2, 0) is 0 Å². The maximum atomic E-state index is 13.5. The highest BCUT2D eigenvalue weighted by Gasteiger charge is 2.20. The topological polar surface area (TPSA) is 43.3 Å². The number of ether oxygens (including phenoxy) is 1. The summed E-state index contributed by atoms with van der Waals surface area (Å²) in [5.41, 5.74) is 3.97. The Morgan fingerprint density at radius 1 is 1.14 bits per heavy atom. The zero-order valence-corrected chi connectivity index (χ0v) is 17.3. The second-order valence-electron chi connectivity index (χ2n) is 7.51. The van der Waals surface area contributed by atoms with E-state index in [1.165, 1.54) is 12.1 Å². The van der Waals surface area contributed by atoms with E-state index in [1.54, 1.807) is 19.2 Å². The lowest BCUT2D eigenvalue weighted by Gasteiger charge is -2.13. The smallest absolute Gasteiger partial charge is 0.253 e. The number of carbonyl (C=O) groups excluding carboxylic acids is 1. The van der Waals surface area contributed by atoms with E-state index >= 15 is 0 Å². The number of nitrogens with one attached hydrogen (secondary N) is 1. The Kier molecular flexibility index (Phi) is 6.37. The molecule has 1 amide bonds. The van der Waals surface area contributed by atoms with Gasteiger partial charge in [-0.2, -0.15) is 0 Å². The Morgan fingerprint density at radius 2 is 1.86 bits per heavy atom. The summed E-state index contributed by atoms with van der Waals surface area (Å²) in [7, 11) is 1.62. The lowest BCUT2D eigenvalue weighted by Crippen LogP contribution is -2.25. The minimum absolute atomic E-state index is 0.104. The fourth-order valence-electron chi connectivity index (χ4n) is 3.32. The molecule has 1 N–H and O–H groups in total. The molecule has 29 heavy (non-hydrogen) atoms. The van der Waals surface area contributed by atoms with Gasteiger partial charge >= 0.3 is 0 Å². The van der Waals surface area contributed by atoms with E-state index in [4.69, 9.17) is 4.74 Å². The average Bonchev–Trinajstić information content (AvgIpc) is 3.05. The molecule has 0 unspecified atom stereocenters. The number of aromatic nitrogens is 1. The summed E-state index contributed by atoms with van der Waals surface area (Å²) in [4.78, 5) is 12.8. The molecular formula is C24H27FN2O2. The molecule has 3 aromatic rings. The van der Waals surface area contributed by atoms with Crippen LogP contribution in [0.3, 0.4) is 0 Å². The van der Waals surface area contributed by atoms with Crippen LogP contribution < -0.4 is 10.1 Å². The molecule has 0 aliphatic carbocycles. The molecule has 3 rings (SSSR count). The zero-order valence-electron chi connectivity index (χ0n) is 17.3. The number of hydrogen-bond acceptors (Lipinski definition) is 2. The molecule has 0 aliphatic heterocycles. The fourth-order valence-corrected chi connectivity index (χ4v) is 3.32. The molecule has 152 valence electrons. The van der Waals surface area contributed by atoms with E-state index in [0.29, 0.717) is 18.0 Å². The quantitative estimate of drug-likeness (QED) is 0.585. The summed E-state index contributed by atoms with van der Waals surface area (Å²) in [6.45, 7) is 6.79. The predicted octanol–water partition coefficient (Wildman–Crippen LogP) is 5.38. The molecule has 1 aromatic heterocycles. The van der Waals surface area contributed by atoms with Gasteiger partial charge in [0, 0.05) is 23.5 Å². The number of carbonyl (C=O) groups is 1. The molecule has 1 heterocycles. The lowest BCUT2D eigenvalue weighted by atomic mass is 10.1. The Morgan fingerprint density at radius 3 is 2.52 bits per heavy atom. The third kappa shape index (κ3) is 4.67. The number of methoxy groups -OCH3 is 1. The van der Waals surface area contributed by atoms with Crippen LogP contribution >= 0.6 is 0 Å². The average molecular weight is 394 g/mol. The Bertz CT molecular complexity index is 991. The maximum Gasteiger partial charge on any atom is 0.253 e. The highest BCUT2D eigenvalue weighted by molar-refractivity contribution is 5.97. The second kappa shape index (κ2) is 8.95. The van der Waals surface area contributed by atoms with Gasteiger partial charge in [-0.05, 0) is 61.7 Å². The first-order chi connectivity index (χ1) is 13.9. The van der Waals surface area contributed by atoms with Crippen molar-refractivity contribution >= 4 is 5.91 Å². The van der Waals surface area contributed by atoms with Crippen LogP contribution in [0.5, 0.6) is 5.75 Å². The summed E-state index contributed by atoms with van der Waals surface area (Å²) < 4.78 is 20.8. The standard InChI is InChI=1S/C24H27FN2O2/c1-16(2)12-13-26-24(28)22-15-23(18-6-5-7-21(14-18)29-4)27(17(22)3)20-10-8-19(25)9-11-20/h5-11,14-16H,12-13H2,1-4H3,(H,26,28). The van der Waals surface area contributed by atoms with Crippen LogP contribution in [0.1, 0.15) is 36.3 Å². The number of amides is 1. The van der Waals surface area contributed by atoms with Gasteiger partial charge in [0.1, 0.15) is 11.6 Å². The largest absolute Gasteiger partial charge is 0.497 e. The van der Waals surface area contributed by atoms with Crippen LogP contribution in [0.4, 0.5) is 4.39 Å². The van der Waals surface area contributed by atoms with Gasteiger partial charge in [-0.15, -0.1) is 0 Å². The van der Waals surface area contributed by atoms with Gasteiger partial charge in [-0.25, -0.2) is 4.39 Å². The highest BCUT2D eigenvalue weighted by atomic mass is 19.1. The zero-order chi connectivity index (χ0) is 21.0. The van der Waals surface area contributed by atoms with Crippen molar-refractivity contribution in [2.75, 3.05) is 13.7 Å². The van der Waals surface area contributed by atoms with Crippen molar-refractivity contribution in [2.45, 2.75) is 27.2 Å². The van der Waals surface area contributed by atoms with Crippen molar-refractivity contribution in [3.8, 4) is 22.7 Å². The molecule has 2 aromatic carbocycles. The van der Waals surface area contributed by atoms with Crippen molar-refractivity contribution in [1.29, 1.82) is 0 Å². The highest BCUT2D eigenvalue weighted by Crippen LogP contribution is 2.31. The van der Waals surface area contributed by atoms with Crippen LogP contribution in [0.15, 0.2) is 54.6 Å². The molecule has 4 nitrogen and oxygen atoms in total. The Balaban J connectivity index is 2.07. The number of benzene rings is 2. The number of halogens is 1.